The Hall–Kier alpha value is -3.02. The Kier molecular flexibility index (Phi) is 3.42. The molecule has 3 rings (SSSR count). The molecular formula is C16H12O6. The van der Waals surface area contributed by atoms with Gasteiger partial charge in [0.05, 0.1) is 18.8 Å². The topological polar surface area (TPSA) is 78.9 Å². The Balaban J connectivity index is 2.10. The zero-order valence-electron chi connectivity index (χ0n) is 11.9. The van der Waals surface area contributed by atoms with Crippen molar-refractivity contribution in [3.63, 3.8) is 0 Å². The summed E-state index contributed by atoms with van der Waals surface area (Å²) in [5, 5.41) is 0.395. The monoisotopic (exact) mass is 300 g/mol. The van der Waals surface area contributed by atoms with Crippen LogP contribution in [0, 0.1) is 6.92 Å². The molecule has 0 saturated carbocycles. The van der Waals surface area contributed by atoms with E-state index in [2.05, 4.69) is 0 Å². The standard InChI is InChI=1S/C16H12O6/c1-9-13(16(18)19-2)14-10(21-9)5-3-6-11(14)22-15(17)12-7-4-8-20-12/h3-8H,1-2H3. The van der Waals surface area contributed by atoms with Gasteiger partial charge in [-0.1, -0.05) is 6.07 Å². The van der Waals surface area contributed by atoms with Crippen LogP contribution in [0.2, 0.25) is 0 Å². The summed E-state index contributed by atoms with van der Waals surface area (Å²) < 4.78 is 20.6. The molecule has 0 unspecified atom stereocenters. The van der Waals surface area contributed by atoms with Gasteiger partial charge in [-0.25, -0.2) is 9.59 Å². The first-order valence-electron chi connectivity index (χ1n) is 6.48. The summed E-state index contributed by atoms with van der Waals surface area (Å²) in [6.07, 6.45) is 1.37. The van der Waals surface area contributed by atoms with Crippen LogP contribution in [-0.2, 0) is 4.74 Å². The summed E-state index contributed by atoms with van der Waals surface area (Å²) >= 11 is 0. The van der Waals surface area contributed by atoms with E-state index in [1.54, 1.807) is 31.2 Å². The van der Waals surface area contributed by atoms with Crippen molar-refractivity contribution in [2.75, 3.05) is 7.11 Å². The lowest BCUT2D eigenvalue weighted by Gasteiger charge is -2.05. The van der Waals surface area contributed by atoms with E-state index in [4.69, 9.17) is 18.3 Å². The van der Waals surface area contributed by atoms with Gasteiger partial charge in [0.1, 0.15) is 22.7 Å². The molecule has 0 aliphatic rings. The van der Waals surface area contributed by atoms with Crippen molar-refractivity contribution in [2.24, 2.45) is 0 Å². The van der Waals surface area contributed by atoms with E-state index in [-0.39, 0.29) is 17.1 Å². The van der Waals surface area contributed by atoms with Crippen molar-refractivity contribution in [1.82, 2.24) is 0 Å². The minimum Gasteiger partial charge on any atom is -0.465 e. The van der Waals surface area contributed by atoms with Crippen LogP contribution in [0.25, 0.3) is 11.0 Å². The number of hydrogen-bond donors (Lipinski definition) is 0. The van der Waals surface area contributed by atoms with E-state index in [0.717, 1.165) is 0 Å². The molecule has 0 amide bonds. The molecule has 0 N–H and O–H groups in total. The highest BCUT2D eigenvalue weighted by Crippen LogP contribution is 2.34. The number of aryl methyl sites for hydroxylation is 1. The van der Waals surface area contributed by atoms with Crippen LogP contribution >= 0.6 is 0 Å². The number of rotatable bonds is 3. The summed E-state index contributed by atoms with van der Waals surface area (Å²) in [4.78, 5) is 23.9. The molecule has 6 heteroatoms. The molecule has 1 aromatic carbocycles. The van der Waals surface area contributed by atoms with Gasteiger partial charge in [0.15, 0.2) is 0 Å². The van der Waals surface area contributed by atoms with Gasteiger partial charge in [-0.15, -0.1) is 0 Å². The molecule has 0 spiro atoms. The smallest absolute Gasteiger partial charge is 0.379 e. The number of carbonyl (C=O) groups excluding carboxylic acids is 2. The van der Waals surface area contributed by atoms with Crippen LogP contribution in [0.1, 0.15) is 26.7 Å². The maximum Gasteiger partial charge on any atom is 0.379 e. The molecule has 2 aromatic heterocycles. The van der Waals surface area contributed by atoms with Crippen LogP contribution in [0.15, 0.2) is 45.4 Å². The molecule has 0 bridgehead atoms. The highest BCUT2D eigenvalue weighted by molar-refractivity contribution is 6.07. The Morgan fingerprint density at radius 3 is 2.59 bits per heavy atom. The second-order valence-corrected chi connectivity index (χ2v) is 4.52. The van der Waals surface area contributed by atoms with E-state index in [1.807, 2.05) is 0 Å². The molecule has 0 fully saturated rings. The van der Waals surface area contributed by atoms with E-state index in [0.29, 0.717) is 16.7 Å². The molecule has 2 heterocycles. The van der Waals surface area contributed by atoms with Gasteiger partial charge in [0, 0.05) is 0 Å². The largest absolute Gasteiger partial charge is 0.465 e. The van der Waals surface area contributed by atoms with Crippen molar-refractivity contribution < 1.29 is 27.9 Å². The van der Waals surface area contributed by atoms with Crippen molar-refractivity contribution in [3.05, 3.63) is 53.7 Å². The number of esters is 2. The second kappa shape index (κ2) is 5.40. The average molecular weight is 300 g/mol. The first kappa shape index (κ1) is 13.9. The fraction of sp³-hybridized carbons (Fsp3) is 0.125. The Morgan fingerprint density at radius 2 is 1.91 bits per heavy atom. The normalized spacial score (nSPS) is 10.6. The summed E-state index contributed by atoms with van der Waals surface area (Å²) in [5.74, 6) is -0.554. The van der Waals surface area contributed by atoms with E-state index in [1.165, 1.54) is 19.4 Å². The van der Waals surface area contributed by atoms with Crippen LogP contribution in [0.5, 0.6) is 5.75 Å². The average Bonchev–Trinajstić information content (AvgIpc) is 3.13. The van der Waals surface area contributed by atoms with Crippen LogP contribution in [0.4, 0.5) is 0 Å². The first-order valence-corrected chi connectivity index (χ1v) is 6.48. The van der Waals surface area contributed by atoms with Crippen molar-refractivity contribution in [2.45, 2.75) is 6.92 Å². The number of furan rings is 2. The first-order chi connectivity index (χ1) is 10.6. The summed E-state index contributed by atoms with van der Waals surface area (Å²) in [5.41, 5.74) is 0.669. The number of fused-ring (bicyclic) bond motifs is 1. The molecule has 0 aliphatic heterocycles. The Bertz CT molecular complexity index is 841. The van der Waals surface area contributed by atoms with Gasteiger partial charge < -0.3 is 18.3 Å². The Morgan fingerprint density at radius 1 is 1.09 bits per heavy atom. The minimum absolute atomic E-state index is 0.0665. The zero-order chi connectivity index (χ0) is 15.7. The lowest BCUT2D eigenvalue weighted by molar-refractivity contribution is 0.0598. The third kappa shape index (κ3) is 2.24. The molecule has 0 radical (unpaired) electrons. The highest BCUT2D eigenvalue weighted by atomic mass is 16.5. The van der Waals surface area contributed by atoms with Crippen molar-refractivity contribution in [1.29, 1.82) is 0 Å². The predicted octanol–water partition coefficient (Wildman–Crippen LogP) is 3.34. The van der Waals surface area contributed by atoms with E-state index < -0.39 is 11.9 Å². The van der Waals surface area contributed by atoms with Gasteiger partial charge in [-0.3, -0.25) is 0 Å². The minimum atomic E-state index is -0.660. The highest BCUT2D eigenvalue weighted by Gasteiger charge is 2.23. The molecular weight excluding hydrogens is 288 g/mol. The Labute approximate surface area is 125 Å². The van der Waals surface area contributed by atoms with Gasteiger partial charge in [0.25, 0.3) is 0 Å². The third-order valence-corrected chi connectivity index (χ3v) is 3.17. The van der Waals surface area contributed by atoms with Crippen LogP contribution < -0.4 is 4.74 Å². The molecule has 0 atom stereocenters. The fourth-order valence-corrected chi connectivity index (χ4v) is 2.21. The SMILES string of the molecule is COC(=O)c1c(C)oc2cccc(OC(=O)c3ccco3)c12. The van der Waals surface area contributed by atoms with Gasteiger partial charge >= 0.3 is 11.9 Å². The second-order valence-electron chi connectivity index (χ2n) is 4.52. The molecule has 112 valence electrons. The van der Waals surface area contributed by atoms with E-state index >= 15 is 0 Å². The van der Waals surface area contributed by atoms with Gasteiger partial charge in [-0.2, -0.15) is 0 Å². The van der Waals surface area contributed by atoms with E-state index in [9.17, 15) is 9.59 Å². The molecule has 0 saturated heterocycles. The summed E-state index contributed by atoms with van der Waals surface area (Å²) in [6.45, 7) is 1.64. The van der Waals surface area contributed by atoms with Crippen LogP contribution in [0.3, 0.4) is 0 Å². The number of hydrogen-bond acceptors (Lipinski definition) is 6. The molecule has 6 nitrogen and oxygen atoms in total. The quantitative estimate of drug-likeness (QED) is 0.545. The summed E-state index contributed by atoms with van der Waals surface area (Å²) in [7, 11) is 1.28. The number of benzene rings is 1. The summed E-state index contributed by atoms with van der Waals surface area (Å²) in [6, 6.07) is 7.99. The van der Waals surface area contributed by atoms with Crippen LogP contribution in [-0.4, -0.2) is 19.0 Å². The van der Waals surface area contributed by atoms with Gasteiger partial charge in [-0.05, 0) is 31.2 Å². The molecule has 3 aromatic rings. The van der Waals surface area contributed by atoms with Crippen molar-refractivity contribution in [3.8, 4) is 5.75 Å². The lowest BCUT2D eigenvalue weighted by Crippen LogP contribution is -2.08. The number of ether oxygens (including phenoxy) is 2. The van der Waals surface area contributed by atoms with Crippen molar-refractivity contribution >= 4 is 22.9 Å². The third-order valence-electron chi connectivity index (χ3n) is 3.17. The predicted molar refractivity (Wildman–Crippen MR) is 76.0 cm³/mol. The maximum atomic E-state index is 12.0. The molecule has 0 aliphatic carbocycles. The number of methoxy groups -OCH3 is 1. The molecule has 22 heavy (non-hydrogen) atoms. The fourth-order valence-electron chi connectivity index (χ4n) is 2.21. The zero-order valence-corrected chi connectivity index (χ0v) is 11.9. The number of carbonyl (C=O) groups is 2. The lowest BCUT2D eigenvalue weighted by atomic mass is 10.1. The maximum absolute atomic E-state index is 12.0. The van der Waals surface area contributed by atoms with Gasteiger partial charge in [0.2, 0.25) is 5.76 Å².